The molecule has 3 heterocycles. The Balaban J connectivity index is 2.23. The van der Waals surface area contributed by atoms with Gasteiger partial charge in [-0.1, -0.05) is 13.0 Å². The van der Waals surface area contributed by atoms with Gasteiger partial charge < -0.3 is 4.98 Å². The van der Waals surface area contributed by atoms with Crippen molar-refractivity contribution in [3.05, 3.63) is 45.2 Å². The van der Waals surface area contributed by atoms with E-state index in [-0.39, 0.29) is 5.56 Å². The van der Waals surface area contributed by atoms with Crippen molar-refractivity contribution in [3.8, 4) is 11.5 Å². The number of aromatic nitrogens is 3. The van der Waals surface area contributed by atoms with Crippen LogP contribution in [0.2, 0.25) is 0 Å². The lowest BCUT2D eigenvalue weighted by atomic mass is 10.3. The first-order valence-corrected chi connectivity index (χ1v) is 6.96. The average Bonchev–Trinajstić information content (AvgIpc) is 2.82. The Morgan fingerprint density at radius 1 is 1.32 bits per heavy atom. The highest BCUT2D eigenvalue weighted by atomic mass is 32.1. The molecule has 0 aromatic carbocycles. The zero-order valence-electron chi connectivity index (χ0n) is 10.7. The van der Waals surface area contributed by atoms with Gasteiger partial charge in [-0.05, 0) is 31.5 Å². The number of thiophene rings is 1. The fourth-order valence-corrected chi connectivity index (χ4v) is 2.92. The van der Waals surface area contributed by atoms with Crippen molar-refractivity contribution in [2.24, 2.45) is 0 Å². The van der Waals surface area contributed by atoms with Gasteiger partial charge in [0.15, 0.2) is 5.82 Å². The maximum atomic E-state index is 12.1. The molecule has 3 aromatic rings. The van der Waals surface area contributed by atoms with Gasteiger partial charge in [-0.3, -0.25) is 4.79 Å². The number of nitrogens with one attached hydrogen (secondary N) is 1. The first-order valence-electron chi connectivity index (χ1n) is 6.14. The summed E-state index contributed by atoms with van der Waals surface area (Å²) in [6.45, 7) is 3.99. The summed E-state index contributed by atoms with van der Waals surface area (Å²) >= 11 is 1.57. The first kappa shape index (κ1) is 12.0. The molecule has 3 aromatic heterocycles. The zero-order chi connectivity index (χ0) is 13.4. The molecule has 0 bridgehead atoms. The van der Waals surface area contributed by atoms with Crippen LogP contribution in [-0.4, -0.2) is 15.0 Å². The first-order chi connectivity index (χ1) is 9.17. The second-order valence-electron chi connectivity index (χ2n) is 4.36. The van der Waals surface area contributed by atoms with E-state index in [0.717, 1.165) is 16.9 Å². The van der Waals surface area contributed by atoms with Crippen LogP contribution in [0.4, 0.5) is 0 Å². The lowest BCUT2D eigenvalue weighted by Gasteiger charge is -2.00. The van der Waals surface area contributed by atoms with Crippen molar-refractivity contribution in [1.29, 1.82) is 0 Å². The molecule has 0 unspecified atom stereocenters. The smallest absolute Gasteiger partial charge is 0.259 e. The molecule has 0 saturated carbocycles. The van der Waals surface area contributed by atoms with E-state index in [2.05, 4.69) is 21.9 Å². The van der Waals surface area contributed by atoms with Crippen molar-refractivity contribution >= 4 is 21.6 Å². The molecular weight excluding hydrogens is 258 g/mol. The van der Waals surface area contributed by atoms with Gasteiger partial charge in [0.1, 0.15) is 10.5 Å². The summed E-state index contributed by atoms with van der Waals surface area (Å²) in [5, 5.41) is 0.665. The second-order valence-corrected chi connectivity index (χ2v) is 5.48. The van der Waals surface area contributed by atoms with Gasteiger partial charge in [0.05, 0.1) is 5.39 Å². The Kier molecular flexibility index (Phi) is 2.91. The number of rotatable bonds is 2. The number of hydrogen-bond donors (Lipinski definition) is 1. The summed E-state index contributed by atoms with van der Waals surface area (Å²) < 4.78 is 0. The highest BCUT2D eigenvalue weighted by molar-refractivity contribution is 7.18. The number of pyridine rings is 1. The Hall–Kier alpha value is -2.01. The molecule has 1 N–H and O–H groups in total. The fourth-order valence-electron chi connectivity index (χ4n) is 1.95. The van der Waals surface area contributed by atoms with Crippen LogP contribution in [0, 0.1) is 6.92 Å². The molecule has 4 nitrogen and oxygen atoms in total. The van der Waals surface area contributed by atoms with E-state index in [0.29, 0.717) is 16.9 Å². The van der Waals surface area contributed by atoms with Crippen LogP contribution < -0.4 is 5.56 Å². The highest BCUT2D eigenvalue weighted by Gasteiger charge is 2.10. The fraction of sp³-hybridized carbons (Fsp3) is 0.214. The third-order valence-electron chi connectivity index (χ3n) is 2.93. The van der Waals surface area contributed by atoms with E-state index in [1.807, 2.05) is 31.2 Å². The van der Waals surface area contributed by atoms with Crippen LogP contribution in [0.15, 0.2) is 29.1 Å². The molecule has 0 amide bonds. The van der Waals surface area contributed by atoms with Crippen molar-refractivity contribution in [3.63, 3.8) is 0 Å². The van der Waals surface area contributed by atoms with Crippen LogP contribution in [0.5, 0.6) is 0 Å². The van der Waals surface area contributed by atoms with E-state index in [4.69, 9.17) is 0 Å². The Bertz CT molecular complexity index is 804. The molecule has 96 valence electrons. The molecule has 0 spiro atoms. The van der Waals surface area contributed by atoms with Gasteiger partial charge in [0.2, 0.25) is 0 Å². The molecule has 5 heteroatoms. The monoisotopic (exact) mass is 271 g/mol. The van der Waals surface area contributed by atoms with Gasteiger partial charge in [0, 0.05) is 10.6 Å². The van der Waals surface area contributed by atoms with Crippen LogP contribution >= 0.6 is 11.3 Å². The van der Waals surface area contributed by atoms with E-state index < -0.39 is 0 Å². The summed E-state index contributed by atoms with van der Waals surface area (Å²) in [6.07, 6.45) is 0.915. The Morgan fingerprint density at radius 3 is 2.89 bits per heavy atom. The number of aromatic amines is 1. The maximum Gasteiger partial charge on any atom is 0.259 e. The maximum absolute atomic E-state index is 12.1. The minimum atomic E-state index is -0.0979. The van der Waals surface area contributed by atoms with E-state index >= 15 is 0 Å². The third-order valence-corrected chi connectivity index (χ3v) is 4.11. The number of hydrogen-bond acceptors (Lipinski definition) is 4. The summed E-state index contributed by atoms with van der Waals surface area (Å²) in [5.74, 6) is 0.533. The van der Waals surface area contributed by atoms with Gasteiger partial charge in [-0.25, -0.2) is 9.97 Å². The third kappa shape index (κ3) is 2.17. The minimum Gasteiger partial charge on any atom is -0.305 e. The normalized spacial score (nSPS) is 11.1. The van der Waals surface area contributed by atoms with Crippen molar-refractivity contribution in [2.75, 3.05) is 0 Å². The Morgan fingerprint density at radius 2 is 2.16 bits per heavy atom. The lowest BCUT2D eigenvalue weighted by molar-refractivity contribution is 1.12. The van der Waals surface area contributed by atoms with Gasteiger partial charge in [-0.2, -0.15) is 0 Å². The SMILES string of the molecule is CCc1cc2c(=O)[nH]c(-c3cccc(C)n3)nc2s1. The largest absolute Gasteiger partial charge is 0.305 e. The van der Waals surface area contributed by atoms with Crippen LogP contribution in [-0.2, 0) is 6.42 Å². The predicted molar refractivity (Wildman–Crippen MR) is 77.6 cm³/mol. The summed E-state index contributed by atoms with van der Waals surface area (Å²) in [7, 11) is 0. The molecule has 0 atom stereocenters. The average molecular weight is 271 g/mol. The molecular formula is C14H13N3OS. The van der Waals surface area contributed by atoms with Crippen LogP contribution in [0.3, 0.4) is 0 Å². The summed E-state index contributed by atoms with van der Waals surface area (Å²) in [4.78, 5) is 25.7. The summed E-state index contributed by atoms with van der Waals surface area (Å²) in [5.41, 5.74) is 1.50. The van der Waals surface area contributed by atoms with E-state index in [1.54, 1.807) is 11.3 Å². The van der Waals surface area contributed by atoms with Gasteiger partial charge in [0.25, 0.3) is 5.56 Å². The highest BCUT2D eigenvalue weighted by Crippen LogP contribution is 2.23. The lowest BCUT2D eigenvalue weighted by Crippen LogP contribution is -2.08. The summed E-state index contributed by atoms with van der Waals surface area (Å²) in [6, 6.07) is 7.60. The topological polar surface area (TPSA) is 58.6 Å². The van der Waals surface area contributed by atoms with Crippen molar-refractivity contribution < 1.29 is 0 Å². The van der Waals surface area contributed by atoms with E-state index in [1.165, 1.54) is 4.88 Å². The predicted octanol–water partition coefficient (Wildman–Crippen LogP) is 2.92. The van der Waals surface area contributed by atoms with Crippen LogP contribution in [0.1, 0.15) is 17.5 Å². The molecule has 0 radical (unpaired) electrons. The molecule has 0 saturated heterocycles. The molecule has 0 aliphatic carbocycles. The number of nitrogens with zero attached hydrogens (tertiary/aromatic N) is 2. The number of H-pyrrole nitrogens is 1. The Labute approximate surface area is 114 Å². The number of fused-ring (bicyclic) bond motifs is 1. The van der Waals surface area contributed by atoms with Crippen LogP contribution in [0.25, 0.3) is 21.7 Å². The second kappa shape index (κ2) is 4.59. The molecule has 0 aliphatic rings. The van der Waals surface area contributed by atoms with Gasteiger partial charge >= 0.3 is 0 Å². The van der Waals surface area contributed by atoms with Crippen molar-refractivity contribution in [1.82, 2.24) is 15.0 Å². The quantitative estimate of drug-likeness (QED) is 0.779. The zero-order valence-corrected chi connectivity index (χ0v) is 11.5. The number of aryl methyl sites for hydroxylation is 2. The molecule has 19 heavy (non-hydrogen) atoms. The van der Waals surface area contributed by atoms with Crippen molar-refractivity contribution in [2.45, 2.75) is 20.3 Å². The van der Waals surface area contributed by atoms with Gasteiger partial charge in [-0.15, -0.1) is 11.3 Å². The molecule has 0 aliphatic heterocycles. The molecule has 3 rings (SSSR count). The minimum absolute atomic E-state index is 0.0979. The molecule has 0 fully saturated rings. The standard InChI is InChI=1S/C14H13N3OS/c1-3-9-7-10-13(18)16-12(17-14(10)19-9)11-6-4-5-8(2)15-11/h4-7H,3H2,1-2H3,(H,16,17,18). The van der Waals surface area contributed by atoms with E-state index in [9.17, 15) is 4.79 Å².